The predicted octanol–water partition coefficient (Wildman–Crippen LogP) is 5.19. The van der Waals surface area contributed by atoms with Gasteiger partial charge in [0.05, 0.1) is 0 Å². The van der Waals surface area contributed by atoms with E-state index >= 15 is 0 Å². The van der Waals surface area contributed by atoms with Crippen molar-refractivity contribution in [1.82, 2.24) is 15.5 Å². The van der Waals surface area contributed by atoms with Gasteiger partial charge in [-0.1, -0.05) is 51.8 Å². The molecule has 1 aromatic rings. The summed E-state index contributed by atoms with van der Waals surface area (Å²) < 4.78 is 5.46. The van der Waals surface area contributed by atoms with E-state index in [0.29, 0.717) is 13.0 Å². The lowest BCUT2D eigenvalue weighted by atomic mass is 9.93. The molecule has 0 spiro atoms. The Bertz CT molecular complexity index is 889. The first-order chi connectivity index (χ1) is 16.4. The van der Waals surface area contributed by atoms with Gasteiger partial charge in [-0.2, -0.15) is 0 Å². The molecule has 2 rings (SSSR count). The lowest BCUT2D eigenvalue weighted by molar-refractivity contribution is -0.144. The zero-order valence-electron chi connectivity index (χ0n) is 22.9. The summed E-state index contributed by atoms with van der Waals surface area (Å²) in [5.74, 6) is -0.532. The first-order valence-corrected chi connectivity index (χ1v) is 13.1. The van der Waals surface area contributed by atoms with Crippen molar-refractivity contribution < 1.29 is 19.1 Å². The van der Waals surface area contributed by atoms with E-state index in [1.165, 1.54) is 0 Å². The maximum Gasteiger partial charge on any atom is 0.408 e. The van der Waals surface area contributed by atoms with Crippen LogP contribution in [-0.2, 0) is 14.3 Å². The van der Waals surface area contributed by atoms with E-state index in [2.05, 4.69) is 17.6 Å². The molecule has 0 aliphatic heterocycles. The highest BCUT2D eigenvalue weighted by Gasteiger charge is 2.45. The second kappa shape index (κ2) is 12.4. The average molecular weight is 488 g/mol. The van der Waals surface area contributed by atoms with Gasteiger partial charge in [0.25, 0.3) is 0 Å². The molecule has 0 bridgehead atoms. The Hall–Kier alpha value is -2.57. The molecular weight excluding hydrogens is 442 g/mol. The molecule has 3 atom stereocenters. The van der Waals surface area contributed by atoms with Gasteiger partial charge in [0.1, 0.15) is 17.7 Å². The molecule has 3 unspecified atom stereocenters. The van der Waals surface area contributed by atoms with E-state index in [9.17, 15) is 14.4 Å². The Labute approximate surface area is 211 Å². The molecule has 1 aliphatic rings. The number of unbranched alkanes of at least 4 members (excludes halogenated alkanes) is 1. The van der Waals surface area contributed by atoms with Crippen LogP contribution < -0.4 is 10.6 Å². The Morgan fingerprint density at radius 2 is 1.80 bits per heavy atom. The molecule has 196 valence electrons. The van der Waals surface area contributed by atoms with E-state index in [4.69, 9.17) is 4.74 Å². The third kappa shape index (κ3) is 7.97. The summed E-state index contributed by atoms with van der Waals surface area (Å²) in [6.45, 7) is 16.0. The van der Waals surface area contributed by atoms with Crippen LogP contribution in [0.5, 0.6) is 0 Å². The van der Waals surface area contributed by atoms with Gasteiger partial charge < -0.3 is 20.3 Å². The van der Waals surface area contributed by atoms with Crippen LogP contribution >= 0.6 is 0 Å². The van der Waals surface area contributed by atoms with Gasteiger partial charge in [0, 0.05) is 12.6 Å². The van der Waals surface area contributed by atoms with Gasteiger partial charge in [0.15, 0.2) is 0 Å². The molecule has 1 aliphatic carbocycles. The lowest BCUT2D eigenvalue weighted by Gasteiger charge is -2.37. The van der Waals surface area contributed by atoms with E-state index < -0.39 is 23.8 Å². The number of ether oxygens (including phenoxy) is 1. The number of aryl methyl sites for hydroxylation is 1. The average Bonchev–Trinajstić information content (AvgIpc) is 3.61. The fraction of sp³-hybridized carbons (Fsp3) is 0.679. The quantitative estimate of drug-likeness (QED) is 0.421. The minimum absolute atomic E-state index is 0.0312. The molecule has 1 saturated carbocycles. The highest BCUT2D eigenvalue weighted by Crippen LogP contribution is 2.37. The predicted molar refractivity (Wildman–Crippen MR) is 139 cm³/mol. The topological polar surface area (TPSA) is 87.7 Å². The molecule has 3 amide bonds. The number of nitrogens with zero attached hydrogens (tertiary/aromatic N) is 1. The fourth-order valence-corrected chi connectivity index (χ4v) is 4.12. The van der Waals surface area contributed by atoms with Crippen LogP contribution in [0, 0.1) is 19.8 Å². The largest absolute Gasteiger partial charge is 0.444 e. The van der Waals surface area contributed by atoms with Crippen LogP contribution in [0.15, 0.2) is 18.2 Å². The third-order valence-corrected chi connectivity index (χ3v) is 6.64. The van der Waals surface area contributed by atoms with Crippen molar-refractivity contribution in [3.05, 3.63) is 34.9 Å². The van der Waals surface area contributed by atoms with E-state index in [-0.39, 0.29) is 23.8 Å². The highest BCUT2D eigenvalue weighted by atomic mass is 16.6. The summed E-state index contributed by atoms with van der Waals surface area (Å²) >= 11 is 0. The monoisotopic (exact) mass is 487 g/mol. The maximum absolute atomic E-state index is 14.1. The molecule has 0 saturated heterocycles. The van der Waals surface area contributed by atoms with E-state index in [1.54, 1.807) is 25.7 Å². The lowest BCUT2D eigenvalue weighted by Crippen LogP contribution is -2.56. The van der Waals surface area contributed by atoms with Crippen molar-refractivity contribution in [3.8, 4) is 0 Å². The van der Waals surface area contributed by atoms with Gasteiger partial charge in [-0.3, -0.25) is 9.59 Å². The zero-order chi connectivity index (χ0) is 26.3. The van der Waals surface area contributed by atoms with Gasteiger partial charge in [0.2, 0.25) is 11.8 Å². The molecule has 2 N–H and O–H groups in total. The number of carbonyl (C=O) groups is 3. The van der Waals surface area contributed by atoms with Gasteiger partial charge in [-0.25, -0.2) is 4.79 Å². The number of hydrogen-bond acceptors (Lipinski definition) is 4. The number of hydrogen-bond donors (Lipinski definition) is 2. The Kier molecular flexibility index (Phi) is 10.2. The summed E-state index contributed by atoms with van der Waals surface area (Å²) in [6, 6.07) is 4.32. The summed E-state index contributed by atoms with van der Waals surface area (Å²) in [5, 5.41) is 5.88. The third-order valence-electron chi connectivity index (χ3n) is 6.64. The van der Waals surface area contributed by atoms with Crippen LogP contribution in [0.25, 0.3) is 0 Å². The van der Waals surface area contributed by atoms with Gasteiger partial charge in [-0.05, 0) is 76.5 Å². The highest BCUT2D eigenvalue weighted by molar-refractivity contribution is 5.93. The van der Waals surface area contributed by atoms with Crippen molar-refractivity contribution >= 4 is 17.9 Å². The first-order valence-electron chi connectivity index (χ1n) is 13.1. The van der Waals surface area contributed by atoms with Crippen LogP contribution in [0.1, 0.15) is 96.4 Å². The molecule has 7 nitrogen and oxygen atoms in total. The van der Waals surface area contributed by atoms with Crippen LogP contribution in [0.2, 0.25) is 0 Å². The van der Waals surface area contributed by atoms with Crippen molar-refractivity contribution in [2.45, 2.75) is 111 Å². The molecule has 1 aromatic carbocycles. The van der Waals surface area contributed by atoms with Gasteiger partial charge >= 0.3 is 6.09 Å². The van der Waals surface area contributed by atoms with E-state index in [1.807, 2.05) is 45.9 Å². The van der Waals surface area contributed by atoms with E-state index in [0.717, 1.165) is 42.4 Å². The second-order valence-corrected chi connectivity index (χ2v) is 10.8. The number of alkyl carbamates (subject to hydrolysis) is 1. The normalized spacial score (nSPS) is 16.1. The minimum atomic E-state index is -0.786. The summed E-state index contributed by atoms with van der Waals surface area (Å²) in [7, 11) is 0. The Morgan fingerprint density at radius 1 is 1.14 bits per heavy atom. The number of benzene rings is 1. The van der Waals surface area contributed by atoms with Crippen molar-refractivity contribution in [3.63, 3.8) is 0 Å². The SMILES string of the molecule is CCCCNC(=O)C(c1cccc(C)c1C)N(C(=O)C(NC(=O)OC(C)(C)C)C(C)CC)C1CC1. The van der Waals surface area contributed by atoms with Crippen molar-refractivity contribution in [2.24, 2.45) is 5.92 Å². The Balaban J connectivity index is 2.48. The summed E-state index contributed by atoms with van der Waals surface area (Å²) in [5.41, 5.74) is 2.23. The molecular formula is C28H45N3O4. The minimum Gasteiger partial charge on any atom is -0.444 e. The zero-order valence-corrected chi connectivity index (χ0v) is 22.9. The van der Waals surface area contributed by atoms with Crippen molar-refractivity contribution in [2.75, 3.05) is 6.54 Å². The summed E-state index contributed by atoms with van der Waals surface area (Å²) in [6.07, 6.45) is 3.60. The van der Waals surface area contributed by atoms with Crippen LogP contribution in [0.4, 0.5) is 4.79 Å². The van der Waals surface area contributed by atoms with Crippen LogP contribution in [-0.4, -0.2) is 47.0 Å². The molecule has 1 fully saturated rings. The number of nitrogens with one attached hydrogen (secondary N) is 2. The second-order valence-electron chi connectivity index (χ2n) is 10.8. The number of amides is 3. The van der Waals surface area contributed by atoms with Gasteiger partial charge in [-0.15, -0.1) is 0 Å². The fourth-order valence-electron chi connectivity index (χ4n) is 4.12. The van der Waals surface area contributed by atoms with Crippen molar-refractivity contribution in [1.29, 1.82) is 0 Å². The smallest absolute Gasteiger partial charge is 0.408 e. The number of rotatable bonds is 11. The molecule has 0 radical (unpaired) electrons. The molecule has 0 aromatic heterocycles. The standard InChI is InChI=1S/C28H45N3O4/c1-9-11-17-29-25(32)24(22-14-12-13-19(4)20(22)5)31(21-15-16-21)26(33)23(18(3)10-2)30-27(34)35-28(6,7)8/h12-14,18,21,23-24H,9-11,15-17H2,1-8H3,(H,29,32)(H,30,34). The first kappa shape index (κ1) is 28.7. The number of carbonyl (C=O) groups excluding carboxylic acids is 3. The molecule has 0 heterocycles. The summed E-state index contributed by atoms with van der Waals surface area (Å²) in [4.78, 5) is 42.2. The molecule has 7 heteroatoms. The Morgan fingerprint density at radius 3 is 2.34 bits per heavy atom. The van der Waals surface area contributed by atoms with Crippen LogP contribution in [0.3, 0.4) is 0 Å². The molecule has 35 heavy (non-hydrogen) atoms. The maximum atomic E-state index is 14.1.